The van der Waals surface area contributed by atoms with Crippen molar-refractivity contribution in [1.82, 2.24) is 0 Å². The monoisotopic (exact) mass is 660 g/mol. The minimum absolute atomic E-state index is 0.231. The van der Waals surface area contributed by atoms with Gasteiger partial charge in [-0.25, -0.2) is 4.79 Å². The second-order valence-electron chi connectivity index (χ2n) is 13.0. The fourth-order valence-electron chi connectivity index (χ4n) is 6.06. The van der Waals surface area contributed by atoms with Crippen molar-refractivity contribution in [2.45, 2.75) is 44.8 Å². The van der Waals surface area contributed by atoms with Crippen LogP contribution in [0, 0.1) is 0 Å². The first-order chi connectivity index (χ1) is 20.3. The topological polar surface area (TPSA) is 26.3 Å². The average Bonchev–Trinajstić information content (AvgIpc) is 3.28. The molecule has 4 aromatic carbocycles. The Morgan fingerprint density at radius 1 is 0.721 bits per heavy atom. The third-order valence-electron chi connectivity index (χ3n) is 7.72. The number of ether oxygens (including phenoxy) is 1. The van der Waals surface area contributed by atoms with Gasteiger partial charge in [0.05, 0.1) is 37.3 Å². The van der Waals surface area contributed by atoms with Gasteiger partial charge in [-0.2, -0.15) is 0 Å². The summed E-state index contributed by atoms with van der Waals surface area (Å²) in [6, 6.07) is 31.6. The smallest absolute Gasteiger partial charge is 0.343 e. The van der Waals surface area contributed by atoms with E-state index in [2.05, 4.69) is 87.8 Å². The minimum atomic E-state index is -2.35. The van der Waals surface area contributed by atoms with Crippen molar-refractivity contribution < 1.29 is 9.53 Å². The summed E-state index contributed by atoms with van der Waals surface area (Å²) in [6.07, 6.45) is 0. The molecule has 7 heteroatoms. The fraction of sp³-hybridized carbons (Fsp3) is 0.194. The molecule has 5 rings (SSSR count). The molecule has 2 nitrogen and oxygen atoms in total. The summed E-state index contributed by atoms with van der Waals surface area (Å²) < 4.78 is 6.49. The van der Waals surface area contributed by atoms with Gasteiger partial charge in [0.15, 0.2) is 0 Å². The van der Waals surface area contributed by atoms with E-state index >= 15 is 0 Å². The number of halogens is 3. The molecular weight excluding hydrogens is 627 g/mol. The molecule has 0 bridgehead atoms. The van der Waals surface area contributed by atoms with Crippen LogP contribution in [0.3, 0.4) is 0 Å². The first kappa shape index (κ1) is 31.6. The van der Waals surface area contributed by atoms with Gasteiger partial charge in [0.25, 0.3) is 0 Å². The maximum absolute atomic E-state index is 13.8. The normalized spacial score (nSPS) is 15.7. The van der Waals surface area contributed by atoms with Gasteiger partial charge in [0, 0.05) is 10.6 Å². The number of esters is 1. The number of fused-ring (bicyclic) bond motifs is 1. The summed E-state index contributed by atoms with van der Waals surface area (Å²) in [5, 5.41) is 2.07. The molecule has 0 heterocycles. The van der Waals surface area contributed by atoms with Gasteiger partial charge in [-0.15, -0.1) is 0 Å². The predicted octanol–water partition coefficient (Wildman–Crippen LogP) is 11.7. The quantitative estimate of drug-likeness (QED) is 0.112. The van der Waals surface area contributed by atoms with Crippen molar-refractivity contribution in [2.24, 2.45) is 0 Å². The van der Waals surface area contributed by atoms with Crippen molar-refractivity contribution in [3.63, 3.8) is 0 Å². The van der Waals surface area contributed by atoms with Gasteiger partial charge in [-0.05, 0) is 57.3 Å². The summed E-state index contributed by atoms with van der Waals surface area (Å²) in [6.45, 7) is 14.1. The van der Waals surface area contributed by atoms with E-state index in [0.717, 1.165) is 10.8 Å². The molecule has 0 spiro atoms. The molecule has 1 unspecified atom stereocenters. The van der Waals surface area contributed by atoms with Gasteiger partial charge < -0.3 is 4.74 Å². The molecule has 4 aromatic rings. The molecule has 220 valence electrons. The summed E-state index contributed by atoms with van der Waals surface area (Å²) in [5.41, 5.74) is 7.19. The lowest BCUT2D eigenvalue weighted by molar-refractivity contribution is 0.0691. The van der Waals surface area contributed by atoms with Crippen LogP contribution < -0.4 is 0 Å². The Morgan fingerprint density at radius 3 is 1.81 bits per heavy atom. The number of benzene rings is 4. The van der Waals surface area contributed by atoms with Crippen LogP contribution >= 0.6 is 34.8 Å². The number of rotatable bonds is 7. The van der Waals surface area contributed by atoms with E-state index in [1.807, 2.05) is 24.3 Å². The molecule has 1 aliphatic carbocycles. The highest BCUT2D eigenvalue weighted by atomic mass is 35.5. The van der Waals surface area contributed by atoms with Crippen LogP contribution in [0.4, 0.5) is 0 Å². The number of allylic oxidation sites excluding steroid dienone is 3. The third-order valence-corrected chi connectivity index (χ3v) is 12.8. The van der Waals surface area contributed by atoms with E-state index in [-0.39, 0.29) is 5.54 Å². The van der Waals surface area contributed by atoms with Crippen LogP contribution in [0.5, 0.6) is 0 Å². The van der Waals surface area contributed by atoms with Crippen molar-refractivity contribution in [3.05, 3.63) is 145 Å². The highest BCUT2D eigenvalue weighted by Crippen LogP contribution is 2.56. The summed E-state index contributed by atoms with van der Waals surface area (Å²) in [7, 11) is -4.19. The molecule has 0 amide bonds. The molecule has 0 N–H and O–H groups in total. The lowest BCUT2D eigenvalue weighted by Gasteiger charge is -2.31. The number of hydrogen-bond donors (Lipinski definition) is 0. The second-order valence-corrected chi connectivity index (χ2v) is 24.6. The SMILES string of the molecule is C[Si](C)(C)/C(C1=C(c2ccccc2)C([Si](C)(C)C)c2ccccc21)=C(/OC(=O)c1ccccc1)c1c(Cl)cc(Cl)cc1Cl. The zero-order chi connectivity index (χ0) is 31.1. The zero-order valence-electron chi connectivity index (χ0n) is 25.3. The fourth-order valence-corrected chi connectivity index (χ4v) is 11.3. The highest BCUT2D eigenvalue weighted by molar-refractivity contribution is 6.87. The summed E-state index contributed by atoms with van der Waals surface area (Å²) in [5.74, 6) is -0.0718. The van der Waals surface area contributed by atoms with Crippen molar-refractivity contribution in [2.75, 3.05) is 0 Å². The van der Waals surface area contributed by atoms with Crippen LogP contribution in [0.1, 0.15) is 38.2 Å². The highest BCUT2D eigenvalue weighted by Gasteiger charge is 2.44. The number of carbonyl (C=O) groups excluding carboxylic acids is 1. The standard InChI is InChI=1S/C36H35Cl3O2Si2/c1-42(2,3)34-27-20-14-13-19-26(27)31(30(34)23-15-9-7-10-16-23)35(43(4,5)6)33(32-28(38)21-25(37)22-29(32)39)41-36(40)24-17-11-8-12-18-24/h7-22,34H,1-6H3/b35-33+. The first-order valence-electron chi connectivity index (χ1n) is 14.3. The van der Waals surface area contributed by atoms with Gasteiger partial charge in [0.2, 0.25) is 0 Å². The molecule has 0 radical (unpaired) electrons. The van der Waals surface area contributed by atoms with Gasteiger partial charge in [-0.1, -0.05) is 147 Å². The van der Waals surface area contributed by atoms with E-state index in [9.17, 15) is 4.79 Å². The van der Waals surface area contributed by atoms with Gasteiger partial charge >= 0.3 is 5.97 Å². The Labute approximate surface area is 272 Å². The molecule has 0 saturated heterocycles. The Balaban J connectivity index is 1.97. The van der Waals surface area contributed by atoms with Crippen LogP contribution in [-0.2, 0) is 4.74 Å². The second kappa shape index (κ2) is 12.3. The van der Waals surface area contributed by atoms with Crippen molar-refractivity contribution in [3.8, 4) is 0 Å². The zero-order valence-corrected chi connectivity index (χ0v) is 29.5. The van der Waals surface area contributed by atoms with E-state index < -0.39 is 22.1 Å². The van der Waals surface area contributed by atoms with Crippen molar-refractivity contribution >= 4 is 73.8 Å². The lowest BCUT2D eigenvalue weighted by atomic mass is 9.98. The molecule has 1 aliphatic rings. The minimum Gasteiger partial charge on any atom is -0.422 e. The molecule has 43 heavy (non-hydrogen) atoms. The van der Waals surface area contributed by atoms with E-state index in [0.29, 0.717) is 32.0 Å². The summed E-state index contributed by atoms with van der Waals surface area (Å²) >= 11 is 20.2. The number of carbonyl (C=O) groups is 1. The van der Waals surface area contributed by atoms with Crippen LogP contribution in [0.25, 0.3) is 16.9 Å². The molecular formula is C36H35Cl3O2Si2. The van der Waals surface area contributed by atoms with Gasteiger partial charge in [-0.3, -0.25) is 0 Å². The first-order valence-corrected chi connectivity index (χ1v) is 22.6. The molecule has 0 aliphatic heterocycles. The van der Waals surface area contributed by atoms with Crippen LogP contribution in [0.15, 0.2) is 102 Å². The number of hydrogen-bond acceptors (Lipinski definition) is 2. The van der Waals surface area contributed by atoms with Crippen LogP contribution in [0.2, 0.25) is 54.3 Å². The van der Waals surface area contributed by atoms with E-state index in [4.69, 9.17) is 39.5 Å². The Bertz CT molecular complexity index is 1730. The Hall–Kier alpha value is -2.87. The van der Waals surface area contributed by atoms with Crippen LogP contribution in [-0.4, -0.2) is 22.1 Å². The largest absolute Gasteiger partial charge is 0.422 e. The Morgan fingerprint density at radius 2 is 1.26 bits per heavy atom. The molecule has 1 atom stereocenters. The third kappa shape index (κ3) is 6.36. The van der Waals surface area contributed by atoms with E-state index in [1.165, 1.54) is 22.3 Å². The molecule has 0 saturated carbocycles. The van der Waals surface area contributed by atoms with E-state index in [1.54, 1.807) is 24.3 Å². The Kier molecular flexibility index (Phi) is 9.00. The van der Waals surface area contributed by atoms with Crippen molar-refractivity contribution in [1.29, 1.82) is 0 Å². The van der Waals surface area contributed by atoms with Gasteiger partial charge in [0.1, 0.15) is 5.76 Å². The summed E-state index contributed by atoms with van der Waals surface area (Å²) in [4.78, 5) is 13.8. The maximum Gasteiger partial charge on any atom is 0.343 e. The maximum atomic E-state index is 13.8. The lowest BCUT2D eigenvalue weighted by Crippen LogP contribution is -2.31. The molecule has 0 aromatic heterocycles. The predicted molar refractivity (Wildman–Crippen MR) is 189 cm³/mol. The molecule has 0 fully saturated rings. The average molecular weight is 662 g/mol.